The largest absolute Gasteiger partial charge is 0.478 e. The van der Waals surface area contributed by atoms with Gasteiger partial charge in [0.15, 0.2) is 0 Å². The summed E-state index contributed by atoms with van der Waals surface area (Å²) in [7, 11) is -1.19. The molecule has 2 aromatic carbocycles. The van der Waals surface area contributed by atoms with Crippen LogP contribution in [-0.2, 0) is 25.4 Å². The van der Waals surface area contributed by atoms with E-state index >= 15 is 0 Å². The van der Waals surface area contributed by atoms with Gasteiger partial charge in [0.25, 0.3) is 0 Å². The number of fused-ring (bicyclic) bond motifs is 1. The molecule has 55 heavy (non-hydrogen) atoms. The second-order valence-electron chi connectivity index (χ2n) is 14.4. The number of hydrogen-bond acceptors (Lipinski definition) is 7. The first-order valence-corrected chi connectivity index (χ1v) is 20.7. The average molecular weight is 781 g/mol. The van der Waals surface area contributed by atoms with Gasteiger partial charge in [0, 0.05) is 24.2 Å². The van der Waals surface area contributed by atoms with Crippen molar-refractivity contribution in [2.24, 2.45) is 17.6 Å². The van der Waals surface area contributed by atoms with Gasteiger partial charge in [0.05, 0.1) is 27.9 Å². The molecule has 1 aliphatic heterocycles. The molecule has 0 spiro atoms. The van der Waals surface area contributed by atoms with Crippen LogP contribution in [0.3, 0.4) is 0 Å². The number of aromatic carboxylic acids is 1. The first-order valence-electron chi connectivity index (χ1n) is 19.5. The van der Waals surface area contributed by atoms with Crippen molar-refractivity contribution >= 4 is 51.4 Å². The fourth-order valence-corrected chi connectivity index (χ4v) is 7.25. The van der Waals surface area contributed by atoms with Gasteiger partial charge in [-0.3, -0.25) is 23.7 Å². The number of aromatic nitrogens is 2. The molecule has 3 amide bonds. The fraction of sp³-hybridized carbons (Fsp3) is 0.537. The molecule has 1 aromatic heterocycles. The highest BCUT2D eigenvalue weighted by molar-refractivity contribution is 7.85. The topological polar surface area (TPSA) is 197 Å². The van der Waals surface area contributed by atoms with Gasteiger partial charge in [-0.25, -0.2) is 13.8 Å². The monoisotopic (exact) mass is 780 g/mol. The highest BCUT2D eigenvalue weighted by Gasteiger charge is 2.47. The van der Waals surface area contributed by atoms with E-state index in [2.05, 4.69) is 34.1 Å². The minimum absolute atomic E-state index is 0.00899. The van der Waals surface area contributed by atoms with Gasteiger partial charge in [-0.05, 0) is 95.9 Å². The number of carbonyl (C=O) groups is 4. The number of hydrogen-bond donors (Lipinski definition) is 5. The van der Waals surface area contributed by atoms with Gasteiger partial charge < -0.3 is 26.0 Å². The Kier molecular flexibility index (Phi) is 17.4. The maximum absolute atomic E-state index is 12.0. The number of nitrogens with two attached hydrogens (primary N) is 1. The average Bonchev–Trinajstić information content (AvgIpc) is 4.02. The van der Waals surface area contributed by atoms with E-state index < -0.39 is 28.9 Å². The van der Waals surface area contributed by atoms with Crippen LogP contribution in [0.4, 0.5) is 5.69 Å². The maximum Gasteiger partial charge on any atom is 0.337 e. The zero-order valence-electron chi connectivity index (χ0n) is 33.1. The molecular weight excluding hydrogens is 721 g/mol. The van der Waals surface area contributed by atoms with Crippen LogP contribution < -0.4 is 21.5 Å². The number of carboxylic acid groups (broad SMARTS) is 1. The smallest absolute Gasteiger partial charge is 0.337 e. The Morgan fingerprint density at radius 2 is 1.76 bits per heavy atom. The number of rotatable bonds is 14. The molecule has 6 N–H and O–H groups in total. The van der Waals surface area contributed by atoms with Crippen LogP contribution in [0.25, 0.3) is 11.0 Å². The molecule has 0 bridgehead atoms. The van der Waals surface area contributed by atoms with E-state index in [9.17, 15) is 28.2 Å². The first kappa shape index (κ1) is 44.7. The second kappa shape index (κ2) is 21.4. The van der Waals surface area contributed by atoms with E-state index in [0.717, 1.165) is 37.8 Å². The first-order chi connectivity index (χ1) is 26.3. The Labute approximate surface area is 327 Å². The van der Waals surface area contributed by atoms with Crippen molar-refractivity contribution in [2.75, 3.05) is 18.4 Å². The van der Waals surface area contributed by atoms with Crippen molar-refractivity contribution in [2.45, 2.75) is 116 Å². The number of primary amides is 1. The van der Waals surface area contributed by atoms with E-state index in [1.807, 2.05) is 65.0 Å². The van der Waals surface area contributed by atoms with E-state index in [4.69, 9.17) is 10.8 Å². The van der Waals surface area contributed by atoms with Crippen molar-refractivity contribution in [3.05, 3.63) is 76.7 Å². The summed E-state index contributed by atoms with van der Waals surface area (Å²) in [6, 6.07) is 13.9. The third-order valence-electron chi connectivity index (χ3n) is 9.75. The van der Waals surface area contributed by atoms with E-state index in [1.54, 1.807) is 21.6 Å². The predicted octanol–water partition coefficient (Wildman–Crippen LogP) is 6.30. The Balaban J connectivity index is 0.000000217. The molecule has 2 heterocycles. The van der Waals surface area contributed by atoms with Crippen molar-refractivity contribution in [3.63, 3.8) is 0 Å². The summed E-state index contributed by atoms with van der Waals surface area (Å²) in [5.74, 6) is -1.11. The highest BCUT2D eigenvalue weighted by Crippen LogP contribution is 2.43. The molecular formula is C41H60N6O7S. The summed E-state index contributed by atoms with van der Waals surface area (Å²) >= 11 is 0. The van der Waals surface area contributed by atoms with Gasteiger partial charge >= 0.3 is 11.7 Å². The Morgan fingerprint density at radius 3 is 2.36 bits per heavy atom. The van der Waals surface area contributed by atoms with E-state index in [-0.39, 0.29) is 46.3 Å². The molecule has 2 aliphatic carbocycles. The van der Waals surface area contributed by atoms with Crippen LogP contribution in [0.5, 0.6) is 0 Å². The number of imidazole rings is 1. The zero-order valence-corrected chi connectivity index (χ0v) is 34.0. The van der Waals surface area contributed by atoms with Gasteiger partial charge in [-0.2, -0.15) is 0 Å². The number of nitrogens with one attached hydrogen (secondary N) is 3. The van der Waals surface area contributed by atoms with Crippen molar-refractivity contribution in [1.29, 1.82) is 0 Å². The van der Waals surface area contributed by atoms with E-state index in [0.29, 0.717) is 29.9 Å². The number of aromatic amines is 1. The third-order valence-corrected chi connectivity index (χ3v) is 11.4. The lowest BCUT2D eigenvalue weighted by molar-refractivity contribution is -0.135. The standard InChI is InChI=1S/C15H25NO2S.C13H17N3O2.C11H12N2O3.C2H6/c1-3-4-5-6-7-8-12-11-13(12)14(17)16-19(18)15(2)9-10-15;14-13(18)11-7-4-8-16(11)12(17)9-15-10-5-2-1-3-6-10;1-6(2)13-8-5-3-4-7(10(14)15)9(8)12-11(13)16;1-2/h7-8,12-13H,3-6,9-11H2,1-2H3,(H,16,17);1-3,5-6,11,15H,4,7-9H2,(H2,14,18);3-6H,1-2H3,(H,12,16)(H,14,15);1-2H3/b8-7-;;;. The van der Waals surface area contributed by atoms with Crippen LogP contribution in [0.15, 0.2) is 65.5 Å². The minimum atomic E-state index is -1.19. The lowest BCUT2D eigenvalue weighted by Crippen LogP contribution is -2.45. The SMILES string of the molecule is CC.CC(C)n1c(=O)[nH]c2c(C(=O)O)cccc21.CCCCC/C=C\C1CC1C(=O)NS(=O)C1(C)CC1.NC(=O)C1CCCN1C(=O)CNc1ccccc1. The number of anilines is 1. The summed E-state index contributed by atoms with van der Waals surface area (Å²) in [6.45, 7) is 12.7. The Morgan fingerprint density at radius 1 is 1.07 bits per heavy atom. The molecule has 3 aromatic rings. The Bertz CT molecular complexity index is 1850. The second-order valence-corrected chi connectivity index (χ2v) is 16.1. The van der Waals surface area contributed by atoms with Crippen LogP contribution in [0.1, 0.15) is 116 Å². The van der Waals surface area contributed by atoms with Crippen molar-refractivity contribution < 1.29 is 28.5 Å². The zero-order chi connectivity index (χ0) is 40.7. The third kappa shape index (κ3) is 12.9. The molecule has 2 saturated carbocycles. The number of allylic oxidation sites excluding steroid dienone is 2. The van der Waals surface area contributed by atoms with Gasteiger partial charge in [0.1, 0.15) is 17.0 Å². The number of amides is 3. The molecule has 302 valence electrons. The molecule has 3 fully saturated rings. The maximum atomic E-state index is 12.0. The number of benzene rings is 2. The van der Waals surface area contributed by atoms with Crippen LogP contribution in [0, 0.1) is 11.8 Å². The fourth-order valence-electron chi connectivity index (χ4n) is 6.20. The normalized spacial score (nSPS) is 19.5. The number of H-pyrrole nitrogens is 1. The number of carbonyl (C=O) groups excluding carboxylic acids is 3. The summed E-state index contributed by atoms with van der Waals surface area (Å²) in [5, 5.41) is 12.0. The van der Waals surface area contributed by atoms with E-state index in [1.165, 1.54) is 25.3 Å². The molecule has 4 unspecified atom stereocenters. The highest BCUT2D eigenvalue weighted by atomic mass is 32.2. The number of unbranched alkanes of at least 4 members (excludes halogenated alkanes) is 3. The van der Waals surface area contributed by atoms with Gasteiger partial charge in [-0.1, -0.05) is 70.0 Å². The van der Waals surface area contributed by atoms with Crippen molar-refractivity contribution in [3.8, 4) is 0 Å². The minimum Gasteiger partial charge on any atom is -0.478 e. The predicted molar refractivity (Wildman–Crippen MR) is 219 cm³/mol. The number of nitrogens with zero attached hydrogens (tertiary/aromatic N) is 2. The molecule has 13 nitrogen and oxygen atoms in total. The van der Waals surface area contributed by atoms with Crippen molar-refractivity contribution in [1.82, 2.24) is 19.2 Å². The number of carboxylic acids is 1. The lowest BCUT2D eigenvalue weighted by Gasteiger charge is -2.22. The molecule has 0 radical (unpaired) electrons. The summed E-state index contributed by atoms with van der Waals surface area (Å²) in [5.41, 5.74) is 7.02. The molecule has 4 atom stereocenters. The molecule has 14 heteroatoms. The number of para-hydroxylation sites is 2. The van der Waals surface area contributed by atoms with Crippen LogP contribution in [-0.4, -0.2) is 71.3 Å². The summed E-state index contributed by atoms with van der Waals surface area (Å²) < 4.78 is 16.0. The summed E-state index contributed by atoms with van der Waals surface area (Å²) in [6.07, 6.45) is 13.6. The quantitative estimate of drug-likeness (QED) is 0.0928. The Hall–Kier alpha value is -4.72. The van der Waals surface area contributed by atoms with Crippen LogP contribution >= 0.6 is 0 Å². The molecule has 6 rings (SSSR count). The molecule has 1 saturated heterocycles. The van der Waals surface area contributed by atoms with Crippen LogP contribution in [0.2, 0.25) is 0 Å². The lowest BCUT2D eigenvalue weighted by atomic mass is 10.2. The van der Waals surface area contributed by atoms with Gasteiger partial charge in [-0.15, -0.1) is 0 Å². The van der Waals surface area contributed by atoms with Gasteiger partial charge in [0.2, 0.25) is 17.7 Å². The summed E-state index contributed by atoms with van der Waals surface area (Å²) in [4.78, 5) is 61.9. The number of likely N-dealkylation sites (tertiary alicyclic amines) is 1. The molecule has 3 aliphatic rings.